The van der Waals surface area contributed by atoms with E-state index in [0.717, 1.165) is 15.6 Å². The third-order valence-electron chi connectivity index (χ3n) is 5.08. The van der Waals surface area contributed by atoms with E-state index in [2.05, 4.69) is 26.7 Å². The van der Waals surface area contributed by atoms with E-state index in [0.29, 0.717) is 11.3 Å². The van der Waals surface area contributed by atoms with E-state index in [1.54, 1.807) is 36.1 Å². The molecule has 0 spiro atoms. The molecule has 1 saturated heterocycles. The molecular weight excluding hydrogens is 458 g/mol. The van der Waals surface area contributed by atoms with Gasteiger partial charge >= 0.3 is 5.91 Å². The SMILES string of the molecule is COc1ccc([C@@H]2[C@H](NC(=O)c3ccccc3)C(=O)N/[N+]2=C\c2ccc(Br)cc2)cc1. The molecule has 1 aliphatic heterocycles. The second kappa shape index (κ2) is 9.14. The summed E-state index contributed by atoms with van der Waals surface area (Å²) >= 11 is 3.43. The van der Waals surface area contributed by atoms with E-state index >= 15 is 0 Å². The van der Waals surface area contributed by atoms with Gasteiger partial charge in [-0.05, 0) is 60.7 Å². The summed E-state index contributed by atoms with van der Waals surface area (Å²) in [4.78, 5) is 25.7. The van der Waals surface area contributed by atoms with Crippen LogP contribution in [0, 0.1) is 0 Å². The summed E-state index contributed by atoms with van der Waals surface area (Å²) in [5, 5.41) is 2.90. The summed E-state index contributed by atoms with van der Waals surface area (Å²) in [7, 11) is 1.60. The number of hydrazine groups is 1. The van der Waals surface area contributed by atoms with E-state index in [-0.39, 0.29) is 11.8 Å². The highest BCUT2D eigenvalue weighted by molar-refractivity contribution is 9.10. The zero-order valence-electron chi connectivity index (χ0n) is 16.8. The Balaban J connectivity index is 1.70. The van der Waals surface area contributed by atoms with Crippen LogP contribution in [0.2, 0.25) is 0 Å². The van der Waals surface area contributed by atoms with Gasteiger partial charge in [0, 0.05) is 21.2 Å². The lowest BCUT2D eigenvalue weighted by Crippen LogP contribution is -2.42. The molecule has 3 aromatic rings. The Kier molecular flexibility index (Phi) is 6.13. The topological polar surface area (TPSA) is 70.4 Å². The number of rotatable bonds is 5. The van der Waals surface area contributed by atoms with Crippen molar-refractivity contribution in [3.63, 3.8) is 0 Å². The lowest BCUT2D eigenvalue weighted by Gasteiger charge is -2.15. The van der Waals surface area contributed by atoms with Crippen molar-refractivity contribution in [3.05, 3.63) is 100 Å². The molecule has 4 rings (SSSR count). The van der Waals surface area contributed by atoms with Gasteiger partial charge in [0.2, 0.25) is 12.3 Å². The maximum Gasteiger partial charge on any atom is 0.304 e. The van der Waals surface area contributed by atoms with Gasteiger partial charge in [-0.2, -0.15) is 0 Å². The molecule has 6 nitrogen and oxygen atoms in total. The molecule has 2 N–H and O–H groups in total. The van der Waals surface area contributed by atoms with E-state index in [9.17, 15) is 9.59 Å². The molecule has 2 atom stereocenters. The molecule has 1 aliphatic rings. The van der Waals surface area contributed by atoms with Gasteiger partial charge in [-0.1, -0.05) is 34.1 Å². The third-order valence-corrected chi connectivity index (χ3v) is 5.60. The van der Waals surface area contributed by atoms with Crippen molar-refractivity contribution in [2.45, 2.75) is 12.1 Å². The van der Waals surface area contributed by atoms with Crippen LogP contribution in [0.3, 0.4) is 0 Å². The summed E-state index contributed by atoms with van der Waals surface area (Å²) < 4.78 is 7.96. The molecule has 31 heavy (non-hydrogen) atoms. The van der Waals surface area contributed by atoms with Crippen molar-refractivity contribution < 1.29 is 19.0 Å². The molecule has 0 aromatic heterocycles. The standard InChI is InChI=1S/C24H20BrN3O3/c1-31-20-13-9-17(10-14-20)22-21(26-23(29)18-5-3-2-4-6-18)24(30)27-28(22)15-16-7-11-19(25)12-8-16/h2-15,21-22H,1H3,(H-,26,27,29,30)/p+1/b28-15-/t21-,22+/m0/s1. The Morgan fingerprint density at radius 1 is 1.03 bits per heavy atom. The van der Waals surface area contributed by atoms with E-state index < -0.39 is 12.1 Å². The fourth-order valence-corrected chi connectivity index (χ4v) is 3.77. The molecule has 0 unspecified atom stereocenters. The number of hydrogen-bond acceptors (Lipinski definition) is 3. The number of carbonyl (C=O) groups is 2. The summed E-state index contributed by atoms with van der Waals surface area (Å²) in [5.41, 5.74) is 5.16. The number of hydrogen-bond donors (Lipinski definition) is 2. The Hall–Kier alpha value is -3.45. The van der Waals surface area contributed by atoms with Crippen molar-refractivity contribution in [2.75, 3.05) is 7.11 Å². The number of nitrogens with zero attached hydrogens (tertiary/aromatic N) is 1. The van der Waals surface area contributed by atoms with Gasteiger partial charge in [0.25, 0.3) is 5.91 Å². The van der Waals surface area contributed by atoms with Gasteiger partial charge < -0.3 is 10.1 Å². The highest BCUT2D eigenvalue weighted by Gasteiger charge is 2.47. The molecule has 0 saturated carbocycles. The zero-order valence-corrected chi connectivity index (χ0v) is 18.4. The second-order valence-electron chi connectivity index (χ2n) is 7.10. The van der Waals surface area contributed by atoms with Crippen molar-refractivity contribution in [1.82, 2.24) is 10.7 Å². The Morgan fingerprint density at radius 2 is 1.71 bits per heavy atom. The largest absolute Gasteiger partial charge is 0.497 e. The number of benzene rings is 3. The summed E-state index contributed by atoms with van der Waals surface area (Å²) in [6.45, 7) is 0. The van der Waals surface area contributed by atoms with E-state index in [1.807, 2.05) is 60.8 Å². The van der Waals surface area contributed by atoms with Crippen molar-refractivity contribution in [1.29, 1.82) is 0 Å². The summed E-state index contributed by atoms with van der Waals surface area (Å²) in [5.74, 6) is 0.137. The van der Waals surface area contributed by atoms with Crippen LogP contribution in [0.4, 0.5) is 0 Å². The van der Waals surface area contributed by atoms with Crippen LogP contribution in [0.25, 0.3) is 0 Å². The summed E-state index contributed by atoms with van der Waals surface area (Å²) in [6.07, 6.45) is 1.86. The molecule has 1 heterocycles. The van der Waals surface area contributed by atoms with Crippen LogP contribution in [0.15, 0.2) is 83.3 Å². The van der Waals surface area contributed by atoms with Crippen molar-refractivity contribution in [2.24, 2.45) is 0 Å². The maximum absolute atomic E-state index is 12.9. The van der Waals surface area contributed by atoms with Crippen LogP contribution >= 0.6 is 15.9 Å². The zero-order chi connectivity index (χ0) is 21.8. The number of methoxy groups -OCH3 is 1. The van der Waals surface area contributed by atoms with Gasteiger partial charge in [0.15, 0.2) is 6.04 Å². The van der Waals surface area contributed by atoms with Crippen LogP contribution < -0.4 is 15.5 Å². The number of ether oxygens (including phenoxy) is 1. The molecule has 3 aromatic carbocycles. The molecule has 0 radical (unpaired) electrons. The average molecular weight is 479 g/mol. The minimum Gasteiger partial charge on any atom is -0.497 e. The first-order valence-corrected chi connectivity index (χ1v) is 10.5. The average Bonchev–Trinajstić information content (AvgIpc) is 3.10. The van der Waals surface area contributed by atoms with E-state index in [1.165, 1.54) is 0 Å². The molecule has 2 amide bonds. The number of nitrogens with one attached hydrogen (secondary N) is 2. The minimum atomic E-state index is -0.771. The predicted octanol–water partition coefficient (Wildman–Crippen LogP) is 3.47. The number of halogens is 1. The summed E-state index contributed by atoms with van der Waals surface area (Å²) in [6, 6.07) is 22.9. The lowest BCUT2D eigenvalue weighted by molar-refractivity contribution is -0.596. The Labute approximate surface area is 188 Å². The minimum absolute atomic E-state index is 0.279. The van der Waals surface area contributed by atoms with Gasteiger partial charge in [-0.15, -0.1) is 10.1 Å². The number of hydrazone groups is 1. The molecular formula is C24H21BrN3O3+. The second-order valence-corrected chi connectivity index (χ2v) is 8.01. The molecule has 156 valence electrons. The van der Waals surface area contributed by atoms with Crippen LogP contribution in [-0.2, 0) is 4.79 Å². The van der Waals surface area contributed by atoms with Crippen molar-refractivity contribution >= 4 is 34.0 Å². The van der Waals surface area contributed by atoms with Crippen LogP contribution in [0.5, 0.6) is 5.75 Å². The smallest absolute Gasteiger partial charge is 0.304 e. The van der Waals surface area contributed by atoms with Crippen LogP contribution in [-0.4, -0.2) is 35.9 Å². The van der Waals surface area contributed by atoms with Gasteiger partial charge in [0.05, 0.1) is 7.11 Å². The van der Waals surface area contributed by atoms with Gasteiger partial charge in [-0.25, -0.2) is 0 Å². The third kappa shape index (κ3) is 4.67. The molecule has 0 bridgehead atoms. The van der Waals surface area contributed by atoms with Crippen LogP contribution in [0.1, 0.15) is 27.5 Å². The predicted molar refractivity (Wildman–Crippen MR) is 121 cm³/mol. The molecule has 7 heteroatoms. The monoisotopic (exact) mass is 478 g/mol. The first-order chi connectivity index (χ1) is 15.0. The highest BCUT2D eigenvalue weighted by atomic mass is 79.9. The quantitative estimate of drug-likeness (QED) is 0.551. The Bertz CT molecular complexity index is 1110. The first kappa shape index (κ1) is 20.8. The maximum atomic E-state index is 12.9. The van der Waals surface area contributed by atoms with Gasteiger partial charge in [0.1, 0.15) is 5.75 Å². The molecule has 0 aliphatic carbocycles. The number of carbonyl (C=O) groups excluding carboxylic acids is 2. The normalized spacial score (nSPS) is 19.2. The lowest BCUT2D eigenvalue weighted by atomic mass is 9.99. The fourth-order valence-electron chi connectivity index (χ4n) is 3.51. The molecule has 1 fully saturated rings. The highest BCUT2D eigenvalue weighted by Crippen LogP contribution is 2.27. The van der Waals surface area contributed by atoms with E-state index in [4.69, 9.17) is 4.74 Å². The Morgan fingerprint density at radius 3 is 2.35 bits per heavy atom. The fraction of sp³-hybridized carbons (Fsp3) is 0.125. The van der Waals surface area contributed by atoms with Crippen molar-refractivity contribution in [3.8, 4) is 5.75 Å². The number of amides is 2. The first-order valence-electron chi connectivity index (χ1n) is 9.74. The van der Waals surface area contributed by atoms with Gasteiger partial charge in [-0.3, -0.25) is 9.59 Å².